The van der Waals surface area contributed by atoms with Crippen LogP contribution >= 0.6 is 0 Å². The SMILES string of the molecule is C(=Cc1cc2c(cc1C=Cc1ccccc1)c1cc3c4cc(C=Cc5ccccc5)c(C=Cc5ccccc5)cc4c3cc21)c1ccccc1. The Kier molecular flexibility index (Phi) is 7.61. The van der Waals surface area contributed by atoms with Gasteiger partial charge in [0.25, 0.3) is 0 Å². The Morgan fingerprint density at radius 1 is 0.200 bits per heavy atom. The van der Waals surface area contributed by atoms with Crippen molar-refractivity contribution < 1.29 is 0 Å². The molecular weight excluding hydrogens is 601 g/mol. The molecule has 0 unspecified atom stereocenters. The molecule has 0 radical (unpaired) electrons. The Hall–Kier alpha value is -6.50. The van der Waals surface area contributed by atoms with Crippen LogP contribution in [-0.2, 0) is 0 Å². The van der Waals surface area contributed by atoms with Gasteiger partial charge in [-0.3, -0.25) is 0 Å². The zero-order chi connectivity index (χ0) is 33.3. The fourth-order valence-corrected chi connectivity index (χ4v) is 7.10. The topological polar surface area (TPSA) is 0 Å². The number of fused-ring (bicyclic) bond motifs is 8. The number of benzene rings is 7. The summed E-state index contributed by atoms with van der Waals surface area (Å²) in [6, 6.07) is 56.5. The molecule has 0 heteroatoms. The number of hydrogen-bond acceptors (Lipinski definition) is 0. The van der Waals surface area contributed by atoms with E-state index < -0.39 is 0 Å². The number of rotatable bonds is 8. The maximum absolute atomic E-state index is 2.42. The van der Waals surface area contributed by atoms with Crippen LogP contribution in [0.2, 0.25) is 0 Å². The standard InChI is InChI=1S/C50H34/c1-5-13-35(14-6-1)21-25-39-29-43-44(30-40(39)26-22-36-15-7-2-8-16-36)48-34-50-46-32-42(28-24-38-19-11-4-12-20-38)41(27-23-37-17-9-3-10-18-37)31-45(46)49(50)33-47(43)48/h1-34H. The van der Waals surface area contributed by atoms with E-state index >= 15 is 0 Å². The van der Waals surface area contributed by atoms with Crippen LogP contribution in [0.15, 0.2) is 158 Å². The van der Waals surface area contributed by atoms with E-state index in [1.165, 1.54) is 87.6 Å². The average Bonchev–Trinajstić information content (AvgIpc) is 3.17. The van der Waals surface area contributed by atoms with Crippen molar-refractivity contribution in [3.05, 3.63) is 202 Å². The Balaban J connectivity index is 1.17. The molecular formula is C50H34. The molecule has 0 saturated heterocycles. The molecule has 9 aromatic carbocycles. The van der Waals surface area contributed by atoms with E-state index in [1.807, 2.05) is 0 Å². The third-order valence-corrected chi connectivity index (χ3v) is 9.78. The van der Waals surface area contributed by atoms with Crippen LogP contribution in [0, 0.1) is 0 Å². The Bertz CT molecular complexity index is 2320. The maximum Gasteiger partial charge on any atom is -0.00921 e. The van der Waals surface area contributed by atoms with E-state index in [2.05, 4.69) is 206 Å². The van der Waals surface area contributed by atoms with Gasteiger partial charge in [-0.2, -0.15) is 0 Å². The van der Waals surface area contributed by atoms with Gasteiger partial charge in [0, 0.05) is 0 Å². The Morgan fingerprint density at radius 2 is 0.400 bits per heavy atom. The largest absolute Gasteiger partial charge is 0.0622 e. The third kappa shape index (κ3) is 5.68. The van der Waals surface area contributed by atoms with Crippen molar-refractivity contribution in [2.75, 3.05) is 0 Å². The molecule has 0 aliphatic heterocycles. The summed E-state index contributed by atoms with van der Waals surface area (Å²) in [5, 5.41) is 10.7. The van der Waals surface area contributed by atoms with Crippen molar-refractivity contribution in [2.24, 2.45) is 0 Å². The molecule has 0 bridgehead atoms. The van der Waals surface area contributed by atoms with Gasteiger partial charge in [-0.15, -0.1) is 0 Å². The van der Waals surface area contributed by atoms with Crippen LogP contribution in [-0.4, -0.2) is 0 Å². The summed E-state index contributed by atoms with van der Waals surface area (Å²) in [7, 11) is 0. The maximum atomic E-state index is 2.42. The average molecular weight is 635 g/mol. The highest BCUT2D eigenvalue weighted by Gasteiger charge is 2.18. The van der Waals surface area contributed by atoms with Crippen LogP contribution in [0.4, 0.5) is 0 Å². The van der Waals surface area contributed by atoms with Crippen LogP contribution in [0.25, 0.3) is 91.7 Å². The van der Waals surface area contributed by atoms with Gasteiger partial charge in [-0.25, -0.2) is 0 Å². The summed E-state index contributed by atoms with van der Waals surface area (Å²) >= 11 is 0. The van der Waals surface area contributed by atoms with Crippen molar-refractivity contribution in [3.8, 4) is 0 Å². The van der Waals surface area contributed by atoms with E-state index in [0.29, 0.717) is 0 Å². The van der Waals surface area contributed by atoms with Gasteiger partial charge < -0.3 is 0 Å². The molecule has 9 rings (SSSR count). The molecule has 0 heterocycles. The van der Waals surface area contributed by atoms with E-state index in [9.17, 15) is 0 Å². The molecule has 0 aliphatic rings. The summed E-state index contributed by atoms with van der Waals surface area (Å²) in [4.78, 5) is 0. The molecule has 0 amide bonds. The Labute approximate surface area is 293 Å². The molecule has 0 aliphatic carbocycles. The van der Waals surface area contributed by atoms with Crippen LogP contribution in [0.5, 0.6) is 0 Å². The minimum Gasteiger partial charge on any atom is -0.0622 e. The molecule has 0 nitrogen and oxygen atoms in total. The molecule has 0 fully saturated rings. The minimum absolute atomic E-state index is 1.20. The second-order valence-corrected chi connectivity index (χ2v) is 13.0. The monoisotopic (exact) mass is 634 g/mol. The smallest absolute Gasteiger partial charge is 0.00921 e. The molecule has 9 aromatic rings. The van der Waals surface area contributed by atoms with Crippen molar-refractivity contribution in [1.29, 1.82) is 0 Å². The summed E-state index contributed by atoms with van der Waals surface area (Å²) in [5.41, 5.74) is 9.66. The highest BCUT2D eigenvalue weighted by molar-refractivity contribution is 6.35. The second-order valence-electron chi connectivity index (χ2n) is 13.0. The molecule has 0 aromatic heterocycles. The molecule has 234 valence electrons. The normalized spacial score (nSPS) is 12.5. The van der Waals surface area contributed by atoms with E-state index in [4.69, 9.17) is 0 Å². The predicted octanol–water partition coefficient (Wildman–Crippen LogP) is 13.9. The minimum atomic E-state index is 1.20. The lowest BCUT2D eigenvalue weighted by atomic mass is 9.83. The van der Waals surface area contributed by atoms with E-state index in [0.717, 1.165) is 0 Å². The summed E-state index contributed by atoms with van der Waals surface area (Å²) in [6.45, 7) is 0. The first kappa shape index (κ1) is 29.6. The highest BCUT2D eigenvalue weighted by atomic mass is 14.2. The first-order valence-corrected chi connectivity index (χ1v) is 17.2. The first-order chi connectivity index (χ1) is 24.8. The Morgan fingerprint density at radius 3 is 0.620 bits per heavy atom. The molecule has 0 atom stereocenters. The van der Waals surface area contributed by atoms with Crippen molar-refractivity contribution >= 4 is 91.7 Å². The van der Waals surface area contributed by atoms with Crippen molar-refractivity contribution in [1.82, 2.24) is 0 Å². The van der Waals surface area contributed by atoms with E-state index in [1.54, 1.807) is 0 Å². The van der Waals surface area contributed by atoms with E-state index in [-0.39, 0.29) is 0 Å². The lowest BCUT2D eigenvalue weighted by Crippen LogP contribution is -1.94. The molecule has 0 spiro atoms. The fraction of sp³-hybridized carbons (Fsp3) is 0. The van der Waals surface area contributed by atoms with Gasteiger partial charge in [0.1, 0.15) is 0 Å². The summed E-state index contributed by atoms with van der Waals surface area (Å²) < 4.78 is 0. The van der Waals surface area contributed by atoms with Crippen LogP contribution < -0.4 is 0 Å². The predicted molar refractivity (Wildman–Crippen MR) is 220 cm³/mol. The molecule has 0 saturated carbocycles. The number of hydrogen-bond donors (Lipinski definition) is 0. The van der Waals surface area contributed by atoms with Gasteiger partial charge in [0.05, 0.1) is 0 Å². The van der Waals surface area contributed by atoms with Gasteiger partial charge in [0.2, 0.25) is 0 Å². The molecule has 0 N–H and O–H groups in total. The fourth-order valence-electron chi connectivity index (χ4n) is 7.10. The van der Waals surface area contributed by atoms with Crippen molar-refractivity contribution in [2.45, 2.75) is 0 Å². The van der Waals surface area contributed by atoms with Crippen molar-refractivity contribution in [3.63, 3.8) is 0 Å². The van der Waals surface area contributed by atoms with Gasteiger partial charge in [-0.05, 0) is 124 Å². The third-order valence-electron chi connectivity index (χ3n) is 9.78. The zero-order valence-corrected chi connectivity index (χ0v) is 27.6. The summed E-state index contributed by atoms with van der Waals surface area (Å²) in [6.07, 6.45) is 17.9. The van der Waals surface area contributed by atoms with Gasteiger partial charge >= 0.3 is 0 Å². The van der Waals surface area contributed by atoms with Crippen LogP contribution in [0.1, 0.15) is 44.5 Å². The highest BCUT2D eigenvalue weighted by Crippen LogP contribution is 2.46. The first-order valence-electron chi connectivity index (χ1n) is 17.2. The second kappa shape index (κ2) is 12.8. The lowest BCUT2D eigenvalue weighted by molar-refractivity contribution is 1.64. The lowest BCUT2D eigenvalue weighted by Gasteiger charge is -2.20. The summed E-state index contributed by atoms with van der Waals surface area (Å²) in [5.74, 6) is 0. The quantitative estimate of drug-likeness (QED) is 0.146. The van der Waals surface area contributed by atoms with Crippen LogP contribution in [0.3, 0.4) is 0 Å². The molecule has 50 heavy (non-hydrogen) atoms. The zero-order valence-electron chi connectivity index (χ0n) is 27.6. The van der Waals surface area contributed by atoms with Gasteiger partial charge in [0.15, 0.2) is 0 Å². The van der Waals surface area contributed by atoms with Gasteiger partial charge in [-0.1, -0.05) is 170 Å².